The molecular weight excluding hydrogens is 212 g/mol. The van der Waals surface area contributed by atoms with Crippen LogP contribution in [0.5, 0.6) is 5.75 Å². The monoisotopic (exact) mass is 230 g/mol. The molecule has 17 heavy (non-hydrogen) atoms. The molecule has 1 aliphatic rings. The van der Waals surface area contributed by atoms with Crippen molar-refractivity contribution in [2.45, 2.75) is 32.4 Å². The Labute approximate surface area is 101 Å². The van der Waals surface area contributed by atoms with Gasteiger partial charge in [-0.05, 0) is 43.0 Å². The van der Waals surface area contributed by atoms with Crippen molar-refractivity contribution >= 4 is 10.9 Å². The zero-order chi connectivity index (χ0) is 11.8. The van der Waals surface area contributed by atoms with E-state index in [9.17, 15) is 0 Å². The number of hydrogen-bond acceptors (Lipinski definition) is 2. The Morgan fingerprint density at radius 1 is 1.41 bits per heavy atom. The molecule has 3 rings (SSSR count). The van der Waals surface area contributed by atoms with Crippen LogP contribution in [0.1, 0.15) is 24.0 Å². The van der Waals surface area contributed by atoms with Gasteiger partial charge in [-0.1, -0.05) is 0 Å². The number of rotatable bonds is 4. The van der Waals surface area contributed by atoms with Crippen LogP contribution in [0.4, 0.5) is 0 Å². The Kier molecular flexibility index (Phi) is 2.56. The number of aryl methyl sites for hydroxylation is 1. The second-order valence-corrected chi connectivity index (χ2v) is 4.86. The molecule has 90 valence electrons. The zero-order valence-corrected chi connectivity index (χ0v) is 10.3. The minimum absolute atomic E-state index is 0.742. The molecule has 0 bridgehead atoms. The van der Waals surface area contributed by atoms with Crippen LogP contribution < -0.4 is 10.1 Å². The van der Waals surface area contributed by atoms with Crippen molar-refractivity contribution in [3.63, 3.8) is 0 Å². The van der Waals surface area contributed by atoms with Gasteiger partial charge in [-0.3, -0.25) is 0 Å². The van der Waals surface area contributed by atoms with Crippen molar-refractivity contribution in [2.24, 2.45) is 0 Å². The fourth-order valence-corrected chi connectivity index (χ4v) is 2.24. The number of nitrogens with one attached hydrogen (secondary N) is 2. The highest BCUT2D eigenvalue weighted by Crippen LogP contribution is 2.29. The smallest absolute Gasteiger partial charge is 0.143 e. The summed E-state index contributed by atoms with van der Waals surface area (Å²) in [6.45, 7) is 3.05. The van der Waals surface area contributed by atoms with Gasteiger partial charge in [-0.2, -0.15) is 0 Å². The molecule has 1 aromatic heterocycles. The average Bonchev–Trinajstić information content (AvgIpc) is 3.07. The van der Waals surface area contributed by atoms with Crippen LogP contribution in [0.3, 0.4) is 0 Å². The molecule has 2 N–H and O–H groups in total. The first-order chi connectivity index (χ1) is 8.28. The molecule has 1 saturated carbocycles. The third-order valence-electron chi connectivity index (χ3n) is 3.36. The van der Waals surface area contributed by atoms with Crippen LogP contribution in [-0.2, 0) is 6.54 Å². The molecular formula is C14H18N2O. The van der Waals surface area contributed by atoms with E-state index in [2.05, 4.69) is 35.6 Å². The summed E-state index contributed by atoms with van der Waals surface area (Å²) in [6, 6.07) is 5.03. The lowest BCUT2D eigenvalue weighted by Crippen LogP contribution is -2.14. The summed E-state index contributed by atoms with van der Waals surface area (Å²) in [7, 11) is 1.72. The molecule has 2 aromatic rings. The Balaban J connectivity index is 1.97. The third kappa shape index (κ3) is 2.03. The summed E-state index contributed by atoms with van der Waals surface area (Å²) in [5.41, 5.74) is 3.67. The van der Waals surface area contributed by atoms with E-state index in [-0.39, 0.29) is 0 Å². The highest BCUT2D eigenvalue weighted by atomic mass is 16.5. The van der Waals surface area contributed by atoms with E-state index in [0.717, 1.165) is 23.9 Å². The molecule has 0 unspecified atom stereocenters. The number of hydrogen-bond donors (Lipinski definition) is 2. The summed E-state index contributed by atoms with van der Waals surface area (Å²) < 4.78 is 5.41. The van der Waals surface area contributed by atoms with Crippen molar-refractivity contribution in [1.82, 2.24) is 10.3 Å². The van der Waals surface area contributed by atoms with Crippen LogP contribution in [-0.4, -0.2) is 18.1 Å². The van der Waals surface area contributed by atoms with E-state index in [1.54, 1.807) is 7.11 Å². The predicted molar refractivity (Wildman–Crippen MR) is 69.4 cm³/mol. The van der Waals surface area contributed by atoms with Crippen molar-refractivity contribution in [3.05, 3.63) is 29.5 Å². The Morgan fingerprint density at radius 2 is 2.24 bits per heavy atom. The maximum atomic E-state index is 5.41. The van der Waals surface area contributed by atoms with Crippen molar-refractivity contribution in [2.75, 3.05) is 7.11 Å². The lowest BCUT2D eigenvalue weighted by atomic mass is 10.1. The lowest BCUT2D eigenvalue weighted by molar-refractivity contribution is 0.418. The van der Waals surface area contributed by atoms with E-state index in [4.69, 9.17) is 4.74 Å². The van der Waals surface area contributed by atoms with E-state index in [0.29, 0.717) is 0 Å². The molecule has 1 heterocycles. The van der Waals surface area contributed by atoms with Gasteiger partial charge >= 0.3 is 0 Å². The second kappa shape index (κ2) is 4.08. The molecule has 1 fully saturated rings. The second-order valence-electron chi connectivity index (χ2n) is 4.86. The van der Waals surface area contributed by atoms with Crippen molar-refractivity contribution in [3.8, 4) is 5.75 Å². The first kappa shape index (κ1) is 10.7. The highest BCUT2D eigenvalue weighted by molar-refractivity contribution is 5.89. The van der Waals surface area contributed by atoms with Crippen LogP contribution in [0, 0.1) is 6.92 Å². The van der Waals surface area contributed by atoms with Gasteiger partial charge in [-0.15, -0.1) is 0 Å². The highest BCUT2D eigenvalue weighted by Gasteiger charge is 2.20. The summed E-state index contributed by atoms with van der Waals surface area (Å²) in [6.07, 6.45) is 4.73. The van der Waals surface area contributed by atoms with Crippen LogP contribution in [0.2, 0.25) is 0 Å². The largest absolute Gasteiger partial charge is 0.495 e. The number of benzene rings is 1. The molecule has 3 nitrogen and oxygen atoms in total. The fraction of sp³-hybridized carbons (Fsp3) is 0.429. The van der Waals surface area contributed by atoms with Crippen LogP contribution in [0.15, 0.2) is 18.3 Å². The predicted octanol–water partition coefficient (Wildman–Crippen LogP) is 2.74. The van der Waals surface area contributed by atoms with Crippen molar-refractivity contribution in [1.29, 1.82) is 0 Å². The van der Waals surface area contributed by atoms with Gasteiger partial charge in [0.25, 0.3) is 0 Å². The average molecular weight is 230 g/mol. The van der Waals surface area contributed by atoms with Crippen molar-refractivity contribution < 1.29 is 4.74 Å². The number of ether oxygens (including phenoxy) is 1. The Morgan fingerprint density at radius 3 is 2.94 bits per heavy atom. The topological polar surface area (TPSA) is 37.0 Å². The molecule has 1 aliphatic carbocycles. The molecule has 0 aliphatic heterocycles. The summed E-state index contributed by atoms with van der Waals surface area (Å²) in [5, 5.41) is 4.82. The minimum Gasteiger partial charge on any atom is -0.495 e. The number of aromatic nitrogens is 1. The Bertz CT molecular complexity index is 540. The van der Waals surface area contributed by atoms with Gasteiger partial charge in [0.15, 0.2) is 0 Å². The number of H-pyrrole nitrogens is 1. The van der Waals surface area contributed by atoms with Gasteiger partial charge < -0.3 is 15.0 Å². The number of aromatic amines is 1. The summed E-state index contributed by atoms with van der Waals surface area (Å²) >= 11 is 0. The molecule has 0 radical (unpaired) electrons. The van der Waals surface area contributed by atoms with Gasteiger partial charge in [0.2, 0.25) is 0 Å². The van der Waals surface area contributed by atoms with E-state index in [1.165, 1.54) is 29.4 Å². The normalized spacial score (nSPS) is 15.4. The zero-order valence-electron chi connectivity index (χ0n) is 10.3. The van der Waals surface area contributed by atoms with Gasteiger partial charge in [0.1, 0.15) is 5.75 Å². The van der Waals surface area contributed by atoms with Crippen LogP contribution in [0.25, 0.3) is 10.9 Å². The van der Waals surface area contributed by atoms with Gasteiger partial charge in [0, 0.05) is 24.2 Å². The summed E-state index contributed by atoms with van der Waals surface area (Å²) in [5.74, 6) is 0.928. The van der Waals surface area contributed by atoms with Gasteiger partial charge in [-0.25, -0.2) is 0 Å². The SMILES string of the molecule is COc1cc(C)cc2c(CNC3CC3)c[nH]c12. The lowest BCUT2D eigenvalue weighted by Gasteiger charge is -2.05. The first-order valence-corrected chi connectivity index (χ1v) is 6.16. The van der Waals surface area contributed by atoms with Crippen LogP contribution >= 0.6 is 0 Å². The molecule has 1 aromatic carbocycles. The fourth-order valence-electron chi connectivity index (χ4n) is 2.24. The molecule has 3 heteroatoms. The molecule has 0 atom stereocenters. The maximum absolute atomic E-state index is 5.41. The molecule has 0 saturated heterocycles. The minimum atomic E-state index is 0.742. The molecule has 0 amide bonds. The number of fused-ring (bicyclic) bond motifs is 1. The van der Waals surface area contributed by atoms with E-state index in [1.807, 2.05) is 0 Å². The quantitative estimate of drug-likeness (QED) is 0.847. The maximum Gasteiger partial charge on any atom is 0.143 e. The third-order valence-corrected chi connectivity index (χ3v) is 3.36. The van der Waals surface area contributed by atoms with E-state index < -0.39 is 0 Å². The first-order valence-electron chi connectivity index (χ1n) is 6.16. The number of methoxy groups -OCH3 is 1. The standard InChI is InChI=1S/C14H18N2O/c1-9-5-12-10(7-15-11-3-4-11)8-16-14(12)13(6-9)17-2/h5-6,8,11,15-16H,3-4,7H2,1-2H3. The molecule has 0 spiro atoms. The Hall–Kier alpha value is -1.48. The summed E-state index contributed by atoms with van der Waals surface area (Å²) in [4.78, 5) is 3.31. The van der Waals surface area contributed by atoms with E-state index >= 15 is 0 Å². The van der Waals surface area contributed by atoms with Gasteiger partial charge in [0.05, 0.1) is 12.6 Å².